The van der Waals surface area contributed by atoms with E-state index in [1.165, 1.54) is 5.56 Å². The Balaban J connectivity index is 2.49. The second-order valence-electron chi connectivity index (χ2n) is 5.77. The molecule has 1 aromatic rings. The summed E-state index contributed by atoms with van der Waals surface area (Å²) in [7, 11) is 0. The molecule has 0 aromatic heterocycles. The fraction of sp³-hybridized carbons (Fsp3) is 0.588. The van der Waals surface area contributed by atoms with Gasteiger partial charge in [-0.25, -0.2) is 0 Å². The number of benzene rings is 1. The van der Waals surface area contributed by atoms with Gasteiger partial charge in [-0.05, 0) is 30.1 Å². The van der Waals surface area contributed by atoms with E-state index in [9.17, 15) is 4.79 Å². The minimum atomic E-state index is -0.438. The quantitative estimate of drug-likeness (QED) is 0.771. The zero-order valence-electron chi connectivity index (χ0n) is 13.7. The zero-order valence-corrected chi connectivity index (χ0v) is 13.7. The lowest BCUT2D eigenvalue weighted by Crippen LogP contribution is -2.43. The molecule has 0 fully saturated rings. The van der Waals surface area contributed by atoms with E-state index in [2.05, 4.69) is 48.3 Å². The summed E-state index contributed by atoms with van der Waals surface area (Å²) in [4.78, 5) is 14.2. The zero-order chi connectivity index (χ0) is 15.8. The van der Waals surface area contributed by atoms with E-state index in [4.69, 9.17) is 5.73 Å². The van der Waals surface area contributed by atoms with Crippen LogP contribution in [0.25, 0.3) is 0 Å². The van der Waals surface area contributed by atoms with Gasteiger partial charge in [-0.15, -0.1) is 0 Å². The molecule has 0 saturated heterocycles. The van der Waals surface area contributed by atoms with Crippen LogP contribution in [-0.4, -0.2) is 29.9 Å². The molecule has 4 nitrogen and oxygen atoms in total. The fourth-order valence-electron chi connectivity index (χ4n) is 2.08. The van der Waals surface area contributed by atoms with Crippen molar-refractivity contribution in [1.29, 1.82) is 0 Å². The Morgan fingerprint density at radius 3 is 2.14 bits per heavy atom. The van der Waals surface area contributed by atoms with Crippen molar-refractivity contribution < 1.29 is 4.79 Å². The summed E-state index contributed by atoms with van der Waals surface area (Å²) in [6.07, 6.45) is 0. The van der Waals surface area contributed by atoms with Crippen LogP contribution >= 0.6 is 0 Å². The average Bonchev–Trinajstić information content (AvgIpc) is 2.50. The minimum Gasteiger partial charge on any atom is -0.351 e. The first-order chi connectivity index (χ1) is 9.97. The summed E-state index contributed by atoms with van der Waals surface area (Å²) in [6.45, 7) is 11.9. The number of rotatable bonds is 8. The van der Waals surface area contributed by atoms with Crippen molar-refractivity contribution in [3.63, 3.8) is 0 Å². The Hall–Kier alpha value is -1.39. The fourth-order valence-corrected chi connectivity index (χ4v) is 2.08. The lowest BCUT2D eigenvalue weighted by molar-refractivity contribution is -0.123. The molecule has 0 aliphatic rings. The third-order valence-electron chi connectivity index (χ3n) is 3.81. The molecule has 0 spiro atoms. The minimum absolute atomic E-state index is 0.0859. The van der Waals surface area contributed by atoms with E-state index >= 15 is 0 Å². The van der Waals surface area contributed by atoms with Gasteiger partial charge in [0.05, 0.1) is 6.04 Å². The first-order valence-corrected chi connectivity index (χ1v) is 7.81. The van der Waals surface area contributed by atoms with Gasteiger partial charge < -0.3 is 11.1 Å². The highest BCUT2D eigenvalue weighted by Crippen LogP contribution is 2.08. The predicted molar refractivity (Wildman–Crippen MR) is 87.7 cm³/mol. The molecule has 4 heteroatoms. The van der Waals surface area contributed by atoms with Crippen LogP contribution in [-0.2, 0) is 17.9 Å². The van der Waals surface area contributed by atoms with Gasteiger partial charge in [-0.1, -0.05) is 52.0 Å². The van der Waals surface area contributed by atoms with Crippen molar-refractivity contribution in [2.45, 2.75) is 46.8 Å². The lowest BCUT2D eigenvalue weighted by Gasteiger charge is -2.18. The van der Waals surface area contributed by atoms with Crippen molar-refractivity contribution in [3.05, 3.63) is 35.4 Å². The summed E-state index contributed by atoms with van der Waals surface area (Å²) >= 11 is 0. The molecule has 1 rings (SSSR count). The highest BCUT2D eigenvalue weighted by Gasteiger charge is 2.16. The van der Waals surface area contributed by atoms with Gasteiger partial charge >= 0.3 is 0 Å². The summed E-state index contributed by atoms with van der Waals surface area (Å²) in [5.74, 6) is 0.0682. The summed E-state index contributed by atoms with van der Waals surface area (Å²) < 4.78 is 0. The van der Waals surface area contributed by atoms with Gasteiger partial charge in [0.2, 0.25) is 5.91 Å². The Kier molecular flexibility index (Phi) is 7.40. The van der Waals surface area contributed by atoms with Crippen molar-refractivity contribution >= 4 is 5.91 Å². The molecule has 118 valence electrons. The molecule has 1 atom stereocenters. The summed E-state index contributed by atoms with van der Waals surface area (Å²) in [5.41, 5.74) is 8.21. The van der Waals surface area contributed by atoms with Crippen LogP contribution < -0.4 is 11.1 Å². The van der Waals surface area contributed by atoms with Crippen LogP contribution in [0.2, 0.25) is 0 Å². The molecule has 21 heavy (non-hydrogen) atoms. The van der Waals surface area contributed by atoms with Crippen molar-refractivity contribution in [2.24, 2.45) is 11.7 Å². The van der Waals surface area contributed by atoms with Crippen LogP contribution in [0.1, 0.15) is 38.8 Å². The van der Waals surface area contributed by atoms with E-state index in [0.717, 1.165) is 25.2 Å². The van der Waals surface area contributed by atoms with E-state index in [-0.39, 0.29) is 11.8 Å². The maximum absolute atomic E-state index is 11.8. The third-order valence-corrected chi connectivity index (χ3v) is 3.81. The van der Waals surface area contributed by atoms with Crippen molar-refractivity contribution in [3.8, 4) is 0 Å². The maximum atomic E-state index is 11.8. The molecule has 0 heterocycles. The van der Waals surface area contributed by atoms with Crippen molar-refractivity contribution in [2.75, 3.05) is 13.1 Å². The Bertz CT molecular complexity index is 424. The smallest absolute Gasteiger partial charge is 0.237 e. The number of carbonyl (C=O) groups excluding carboxylic acids is 1. The first-order valence-electron chi connectivity index (χ1n) is 7.81. The van der Waals surface area contributed by atoms with Crippen LogP contribution in [0, 0.1) is 5.92 Å². The molecule has 0 aliphatic heterocycles. The molecular formula is C17H29N3O. The SMILES string of the molecule is CCN(CC)Cc1ccc(CNC(=O)[C@H](N)C(C)C)cc1. The van der Waals surface area contributed by atoms with Crippen LogP contribution in [0.15, 0.2) is 24.3 Å². The normalized spacial score (nSPS) is 12.7. The van der Waals surface area contributed by atoms with Crippen LogP contribution in [0.5, 0.6) is 0 Å². The topological polar surface area (TPSA) is 58.4 Å². The summed E-state index contributed by atoms with van der Waals surface area (Å²) in [6, 6.07) is 7.96. The molecule has 1 aromatic carbocycles. The number of nitrogens with one attached hydrogen (secondary N) is 1. The molecule has 0 radical (unpaired) electrons. The molecule has 0 bridgehead atoms. The van der Waals surface area contributed by atoms with E-state index in [0.29, 0.717) is 6.54 Å². The highest BCUT2D eigenvalue weighted by molar-refractivity contribution is 5.81. The Morgan fingerprint density at radius 1 is 1.14 bits per heavy atom. The highest BCUT2D eigenvalue weighted by atomic mass is 16.2. The monoisotopic (exact) mass is 291 g/mol. The van der Waals surface area contributed by atoms with E-state index < -0.39 is 6.04 Å². The number of nitrogens with two attached hydrogens (primary N) is 1. The van der Waals surface area contributed by atoms with E-state index in [1.54, 1.807) is 0 Å². The number of nitrogens with zero attached hydrogens (tertiary/aromatic N) is 1. The second kappa shape index (κ2) is 8.80. The number of carbonyl (C=O) groups is 1. The van der Waals surface area contributed by atoms with Gasteiger partial charge in [0, 0.05) is 13.1 Å². The van der Waals surface area contributed by atoms with Gasteiger partial charge in [0.25, 0.3) is 0 Å². The molecule has 0 unspecified atom stereocenters. The number of amides is 1. The van der Waals surface area contributed by atoms with E-state index in [1.807, 2.05) is 13.8 Å². The van der Waals surface area contributed by atoms with Gasteiger partial charge in [-0.3, -0.25) is 9.69 Å². The van der Waals surface area contributed by atoms with Gasteiger partial charge in [0.15, 0.2) is 0 Å². The van der Waals surface area contributed by atoms with Gasteiger partial charge in [0.1, 0.15) is 0 Å². The molecule has 1 amide bonds. The largest absolute Gasteiger partial charge is 0.351 e. The lowest BCUT2D eigenvalue weighted by atomic mass is 10.0. The Morgan fingerprint density at radius 2 is 1.67 bits per heavy atom. The standard InChI is InChI=1S/C17H29N3O/c1-5-20(6-2)12-15-9-7-14(8-10-15)11-19-17(21)16(18)13(3)4/h7-10,13,16H,5-6,11-12,18H2,1-4H3,(H,19,21)/t16-/m1/s1. The second-order valence-corrected chi connectivity index (χ2v) is 5.77. The maximum Gasteiger partial charge on any atom is 0.237 e. The van der Waals surface area contributed by atoms with Crippen LogP contribution in [0.4, 0.5) is 0 Å². The molecular weight excluding hydrogens is 262 g/mol. The van der Waals surface area contributed by atoms with Gasteiger partial charge in [-0.2, -0.15) is 0 Å². The number of hydrogen-bond donors (Lipinski definition) is 2. The van der Waals surface area contributed by atoms with Crippen molar-refractivity contribution in [1.82, 2.24) is 10.2 Å². The molecule has 0 saturated carbocycles. The number of hydrogen-bond acceptors (Lipinski definition) is 3. The van der Waals surface area contributed by atoms with Crippen LogP contribution in [0.3, 0.4) is 0 Å². The average molecular weight is 291 g/mol. The molecule has 0 aliphatic carbocycles. The molecule has 3 N–H and O–H groups in total. The first kappa shape index (κ1) is 17.7. The Labute approximate surface area is 128 Å². The third kappa shape index (κ3) is 5.86. The summed E-state index contributed by atoms with van der Waals surface area (Å²) in [5, 5.41) is 2.89. The predicted octanol–water partition coefficient (Wildman–Crippen LogP) is 2.13.